The van der Waals surface area contributed by atoms with Crippen molar-refractivity contribution in [1.29, 1.82) is 0 Å². The van der Waals surface area contributed by atoms with Gasteiger partial charge in [0.15, 0.2) is 0 Å². The van der Waals surface area contributed by atoms with Crippen molar-refractivity contribution in [2.75, 3.05) is 11.4 Å². The van der Waals surface area contributed by atoms with Crippen molar-refractivity contribution in [3.8, 4) is 5.88 Å². The van der Waals surface area contributed by atoms with Gasteiger partial charge >= 0.3 is 0 Å². The Morgan fingerprint density at radius 3 is 2.53 bits per heavy atom. The van der Waals surface area contributed by atoms with E-state index in [1.165, 1.54) is 6.20 Å². The van der Waals surface area contributed by atoms with Gasteiger partial charge in [0.1, 0.15) is 5.60 Å². The lowest BCUT2D eigenvalue weighted by Gasteiger charge is -2.37. The number of nitrogens with one attached hydrogen (secondary N) is 1. The fourth-order valence-corrected chi connectivity index (χ4v) is 5.73. The van der Waals surface area contributed by atoms with Crippen LogP contribution in [0.15, 0.2) is 65.7 Å². The topological polar surface area (TPSA) is 88.6 Å². The standard InChI is InChI=1S/C27H30ClN3O4S/c1-5-18-10-12-22(13-11-18)36(33,34)30-24-16-27(3,4)35-25-23(24)14-19(17-29-25)26(32)31(6-2)21-9-7-8-20(28)15-21/h7-15,17,24,30H,5-6,16H2,1-4H3/t24-/m0/s1. The summed E-state index contributed by atoms with van der Waals surface area (Å²) < 4.78 is 35.4. The van der Waals surface area contributed by atoms with E-state index in [0.717, 1.165) is 12.0 Å². The fourth-order valence-electron chi connectivity index (χ4n) is 4.33. The molecule has 1 aliphatic rings. The number of ether oxygens (including phenoxy) is 1. The van der Waals surface area contributed by atoms with Crippen LogP contribution in [0.3, 0.4) is 0 Å². The zero-order valence-corrected chi connectivity index (χ0v) is 22.4. The second-order valence-electron chi connectivity index (χ2n) is 9.38. The van der Waals surface area contributed by atoms with E-state index in [9.17, 15) is 13.2 Å². The molecule has 0 unspecified atom stereocenters. The minimum absolute atomic E-state index is 0.184. The summed E-state index contributed by atoms with van der Waals surface area (Å²) in [5, 5.41) is 0.527. The van der Waals surface area contributed by atoms with E-state index in [4.69, 9.17) is 16.3 Å². The maximum atomic E-state index is 13.4. The molecular weight excluding hydrogens is 498 g/mol. The Labute approximate surface area is 217 Å². The molecule has 1 atom stereocenters. The van der Waals surface area contributed by atoms with E-state index in [0.29, 0.717) is 40.7 Å². The summed E-state index contributed by atoms with van der Waals surface area (Å²) >= 11 is 6.13. The normalized spacial score (nSPS) is 16.6. The molecule has 1 aromatic heterocycles. The molecule has 2 heterocycles. The Morgan fingerprint density at radius 1 is 1.17 bits per heavy atom. The summed E-state index contributed by atoms with van der Waals surface area (Å²) in [6.07, 6.45) is 2.66. The molecule has 0 aliphatic carbocycles. The molecule has 1 amide bonds. The van der Waals surface area contributed by atoms with E-state index >= 15 is 0 Å². The number of halogens is 1. The largest absolute Gasteiger partial charge is 0.471 e. The van der Waals surface area contributed by atoms with Crippen LogP contribution in [0.4, 0.5) is 5.69 Å². The van der Waals surface area contributed by atoms with E-state index in [1.807, 2.05) is 45.9 Å². The third kappa shape index (κ3) is 5.56. The maximum Gasteiger partial charge on any atom is 0.259 e. The Bertz CT molecular complexity index is 1370. The maximum absolute atomic E-state index is 13.4. The molecule has 0 fully saturated rings. The molecule has 0 saturated heterocycles. The molecule has 190 valence electrons. The number of carbonyl (C=O) groups is 1. The predicted octanol–water partition coefficient (Wildman–Crippen LogP) is 5.54. The van der Waals surface area contributed by atoms with Crippen molar-refractivity contribution >= 4 is 33.2 Å². The number of benzene rings is 2. The molecule has 0 radical (unpaired) electrons. The van der Waals surface area contributed by atoms with Crippen molar-refractivity contribution in [2.24, 2.45) is 0 Å². The average Bonchev–Trinajstić information content (AvgIpc) is 2.83. The zero-order chi connectivity index (χ0) is 26.1. The van der Waals surface area contributed by atoms with Gasteiger partial charge in [0.2, 0.25) is 15.9 Å². The van der Waals surface area contributed by atoms with Gasteiger partial charge in [-0.25, -0.2) is 18.1 Å². The molecule has 0 spiro atoms. The van der Waals surface area contributed by atoms with Crippen LogP contribution in [0.25, 0.3) is 0 Å². The summed E-state index contributed by atoms with van der Waals surface area (Å²) in [7, 11) is -3.82. The summed E-state index contributed by atoms with van der Waals surface area (Å²) in [6, 6.07) is 14.9. The number of fused-ring (bicyclic) bond motifs is 1. The van der Waals surface area contributed by atoms with Crippen molar-refractivity contribution in [2.45, 2.75) is 57.1 Å². The van der Waals surface area contributed by atoms with Crippen LogP contribution in [0.5, 0.6) is 5.88 Å². The van der Waals surface area contributed by atoms with Crippen LogP contribution < -0.4 is 14.4 Å². The molecule has 1 aliphatic heterocycles. The number of carbonyl (C=O) groups excluding carboxylic acids is 1. The van der Waals surface area contributed by atoms with E-state index in [-0.39, 0.29) is 10.8 Å². The van der Waals surface area contributed by atoms with Gasteiger partial charge in [-0.05, 0) is 69.2 Å². The van der Waals surface area contributed by atoms with Gasteiger partial charge in [-0.15, -0.1) is 0 Å². The second-order valence-corrected chi connectivity index (χ2v) is 11.5. The third-order valence-corrected chi connectivity index (χ3v) is 7.91. The van der Waals surface area contributed by atoms with Gasteiger partial charge < -0.3 is 9.64 Å². The SMILES string of the molecule is CCc1ccc(S(=O)(=O)N[C@H]2CC(C)(C)Oc3ncc(C(=O)N(CC)c4cccc(Cl)c4)cc32)cc1. The van der Waals surface area contributed by atoms with Crippen molar-refractivity contribution in [1.82, 2.24) is 9.71 Å². The van der Waals surface area contributed by atoms with Gasteiger partial charge in [-0.2, -0.15) is 0 Å². The van der Waals surface area contributed by atoms with Crippen LogP contribution in [0.2, 0.25) is 5.02 Å². The number of pyridine rings is 1. The monoisotopic (exact) mass is 527 g/mol. The first-order valence-corrected chi connectivity index (χ1v) is 13.8. The number of aromatic nitrogens is 1. The molecule has 4 rings (SSSR count). The van der Waals surface area contributed by atoms with Gasteiger partial charge in [0, 0.05) is 35.4 Å². The first-order valence-electron chi connectivity index (χ1n) is 11.9. The highest BCUT2D eigenvalue weighted by Gasteiger charge is 2.37. The van der Waals surface area contributed by atoms with E-state index in [1.54, 1.807) is 41.3 Å². The molecule has 36 heavy (non-hydrogen) atoms. The van der Waals surface area contributed by atoms with Gasteiger partial charge in [0.05, 0.1) is 16.5 Å². The molecule has 0 bridgehead atoms. The smallest absolute Gasteiger partial charge is 0.259 e. The second kappa shape index (κ2) is 10.2. The lowest BCUT2D eigenvalue weighted by atomic mass is 9.91. The predicted molar refractivity (Wildman–Crippen MR) is 141 cm³/mol. The number of sulfonamides is 1. The number of nitrogens with zero attached hydrogens (tertiary/aromatic N) is 2. The Kier molecular flexibility index (Phi) is 7.41. The quantitative estimate of drug-likeness (QED) is 0.435. The lowest BCUT2D eigenvalue weighted by Crippen LogP contribution is -2.42. The molecule has 3 aromatic rings. The van der Waals surface area contributed by atoms with E-state index in [2.05, 4.69) is 9.71 Å². The van der Waals surface area contributed by atoms with Crippen LogP contribution in [0.1, 0.15) is 61.6 Å². The van der Waals surface area contributed by atoms with Crippen LogP contribution in [0, 0.1) is 0 Å². The number of rotatable bonds is 7. The summed E-state index contributed by atoms with van der Waals surface area (Å²) in [4.78, 5) is 19.6. The first kappa shape index (κ1) is 26.1. The highest BCUT2D eigenvalue weighted by molar-refractivity contribution is 7.89. The van der Waals surface area contributed by atoms with Crippen molar-refractivity contribution < 1.29 is 17.9 Å². The molecule has 7 nitrogen and oxygen atoms in total. The molecule has 1 N–H and O–H groups in total. The van der Waals surface area contributed by atoms with Crippen molar-refractivity contribution in [3.63, 3.8) is 0 Å². The minimum Gasteiger partial charge on any atom is -0.471 e. The number of hydrogen-bond acceptors (Lipinski definition) is 5. The molecule has 9 heteroatoms. The Hall–Kier alpha value is -2.94. The number of anilines is 1. The highest BCUT2D eigenvalue weighted by atomic mass is 35.5. The van der Waals surface area contributed by atoms with Crippen LogP contribution in [-0.2, 0) is 16.4 Å². The van der Waals surface area contributed by atoms with E-state index < -0.39 is 21.7 Å². The van der Waals surface area contributed by atoms with Gasteiger partial charge in [0.25, 0.3) is 5.91 Å². The average molecular weight is 528 g/mol. The fraction of sp³-hybridized carbons (Fsp3) is 0.333. The number of aryl methyl sites for hydroxylation is 1. The summed E-state index contributed by atoms with van der Waals surface area (Å²) in [5.41, 5.74) is 1.92. The minimum atomic E-state index is -3.82. The highest BCUT2D eigenvalue weighted by Crippen LogP contribution is 2.39. The molecule has 2 aromatic carbocycles. The molecule has 0 saturated carbocycles. The van der Waals surface area contributed by atoms with Crippen LogP contribution in [-0.4, -0.2) is 31.5 Å². The third-order valence-electron chi connectivity index (χ3n) is 6.19. The Morgan fingerprint density at radius 2 is 1.89 bits per heavy atom. The Balaban J connectivity index is 1.68. The van der Waals surface area contributed by atoms with Gasteiger partial charge in [-0.1, -0.05) is 36.7 Å². The first-order chi connectivity index (χ1) is 17.0. The van der Waals surface area contributed by atoms with Gasteiger partial charge in [-0.3, -0.25) is 4.79 Å². The van der Waals surface area contributed by atoms with Crippen molar-refractivity contribution in [3.05, 3.63) is 82.5 Å². The number of amides is 1. The zero-order valence-electron chi connectivity index (χ0n) is 20.8. The lowest BCUT2D eigenvalue weighted by molar-refractivity contribution is 0.0640. The summed E-state index contributed by atoms with van der Waals surface area (Å²) in [5.74, 6) is 0.0410. The number of hydrogen-bond donors (Lipinski definition) is 1. The molecular formula is C27H30ClN3O4S. The summed E-state index contributed by atoms with van der Waals surface area (Å²) in [6.45, 7) is 8.07. The van der Waals surface area contributed by atoms with Crippen LogP contribution >= 0.6 is 11.6 Å².